The molecule has 0 fully saturated rings. The number of carbonyl (C=O) groups excluding carboxylic acids is 1. The number of nitrogens with zero attached hydrogens (tertiary/aromatic N) is 2. The molecule has 0 aliphatic heterocycles. The molecule has 4 heteroatoms. The molecule has 1 heterocycles. The Kier molecular flexibility index (Phi) is 4.52. The predicted octanol–water partition coefficient (Wildman–Crippen LogP) is 2.45. The normalized spacial score (nSPS) is 14.5. The van der Waals surface area contributed by atoms with E-state index in [0.29, 0.717) is 5.69 Å². The van der Waals surface area contributed by atoms with Crippen LogP contribution in [0.2, 0.25) is 0 Å². The van der Waals surface area contributed by atoms with Crippen LogP contribution in [-0.2, 0) is 0 Å². The lowest BCUT2D eigenvalue weighted by Crippen LogP contribution is -2.44. The van der Waals surface area contributed by atoms with E-state index in [9.17, 15) is 4.79 Å². The molecule has 0 radical (unpaired) electrons. The first-order chi connectivity index (χ1) is 7.61. The van der Waals surface area contributed by atoms with Gasteiger partial charge in [0.25, 0.3) is 5.91 Å². The van der Waals surface area contributed by atoms with E-state index in [1.165, 1.54) is 0 Å². The Hall–Kier alpha value is -1.32. The monoisotopic (exact) mass is 223 g/mol. The Labute approximate surface area is 97.1 Å². The molecule has 2 unspecified atom stereocenters. The molecule has 1 N–H and O–H groups in total. The Morgan fingerprint density at radius 1 is 1.38 bits per heavy atom. The highest BCUT2D eigenvalue weighted by Crippen LogP contribution is 2.15. The van der Waals surface area contributed by atoms with Gasteiger partial charge in [0.15, 0.2) is 0 Å². The number of H-pyrrole nitrogens is 1. The molecule has 0 saturated carbocycles. The van der Waals surface area contributed by atoms with Gasteiger partial charge in [0, 0.05) is 18.3 Å². The van der Waals surface area contributed by atoms with Crippen molar-refractivity contribution in [1.29, 1.82) is 0 Å². The second-order valence-corrected chi connectivity index (χ2v) is 4.18. The lowest BCUT2D eigenvalue weighted by Gasteiger charge is -2.33. The van der Waals surface area contributed by atoms with Crippen LogP contribution in [0.5, 0.6) is 0 Å². The maximum absolute atomic E-state index is 12.3. The molecule has 0 aliphatic carbocycles. The first-order valence-corrected chi connectivity index (χ1v) is 5.93. The molecule has 2 atom stereocenters. The second kappa shape index (κ2) is 5.68. The van der Waals surface area contributed by atoms with E-state index in [1.54, 1.807) is 12.5 Å². The number of imidazole rings is 1. The third kappa shape index (κ3) is 2.62. The van der Waals surface area contributed by atoms with Gasteiger partial charge in [0.05, 0.1) is 6.33 Å². The lowest BCUT2D eigenvalue weighted by molar-refractivity contribution is 0.0593. The highest BCUT2D eigenvalue weighted by molar-refractivity contribution is 5.92. The standard InChI is InChI=1S/C12H21N3O/c1-5-9(3)15(10(4)6-2)12(16)11-7-13-8-14-11/h7-10H,5-6H2,1-4H3,(H,13,14). The van der Waals surface area contributed by atoms with Crippen molar-refractivity contribution in [2.75, 3.05) is 0 Å². The Balaban J connectivity index is 2.88. The Morgan fingerprint density at radius 2 is 1.94 bits per heavy atom. The van der Waals surface area contributed by atoms with Gasteiger partial charge in [-0.2, -0.15) is 0 Å². The molecule has 90 valence electrons. The summed E-state index contributed by atoms with van der Waals surface area (Å²) >= 11 is 0. The minimum Gasteiger partial charge on any atom is -0.350 e. The molecule has 0 aliphatic rings. The molecule has 1 rings (SSSR count). The van der Waals surface area contributed by atoms with Crippen LogP contribution < -0.4 is 0 Å². The van der Waals surface area contributed by atoms with Crippen molar-refractivity contribution in [3.63, 3.8) is 0 Å². The van der Waals surface area contributed by atoms with Gasteiger partial charge in [0.2, 0.25) is 0 Å². The van der Waals surface area contributed by atoms with Gasteiger partial charge in [-0.25, -0.2) is 4.98 Å². The van der Waals surface area contributed by atoms with Crippen LogP contribution in [0, 0.1) is 0 Å². The van der Waals surface area contributed by atoms with Crippen molar-refractivity contribution < 1.29 is 4.79 Å². The van der Waals surface area contributed by atoms with Gasteiger partial charge in [-0.1, -0.05) is 13.8 Å². The number of hydrogen-bond acceptors (Lipinski definition) is 2. The molecule has 1 amide bonds. The number of amides is 1. The number of carbonyl (C=O) groups is 1. The quantitative estimate of drug-likeness (QED) is 0.833. The van der Waals surface area contributed by atoms with E-state index in [0.717, 1.165) is 12.8 Å². The van der Waals surface area contributed by atoms with E-state index >= 15 is 0 Å². The summed E-state index contributed by atoms with van der Waals surface area (Å²) in [5.41, 5.74) is 0.501. The Bertz CT molecular complexity index is 311. The average molecular weight is 223 g/mol. The predicted molar refractivity (Wildman–Crippen MR) is 64.3 cm³/mol. The highest BCUT2D eigenvalue weighted by atomic mass is 16.2. The minimum absolute atomic E-state index is 0.0185. The van der Waals surface area contributed by atoms with Gasteiger partial charge in [-0.3, -0.25) is 4.79 Å². The van der Waals surface area contributed by atoms with Gasteiger partial charge in [-0.05, 0) is 26.7 Å². The van der Waals surface area contributed by atoms with Crippen molar-refractivity contribution in [2.24, 2.45) is 0 Å². The van der Waals surface area contributed by atoms with Crippen LogP contribution in [0.15, 0.2) is 12.5 Å². The molecule has 1 aromatic heterocycles. The van der Waals surface area contributed by atoms with Crippen molar-refractivity contribution in [1.82, 2.24) is 14.9 Å². The molecular formula is C12H21N3O. The fraction of sp³-hybridized carbons (Fsp3) is 0.667. The van der Waals surface area contributed by atoms with E-state index in [1.807, 2.05) is 4.90 Å². The van der Waals surface area contributed by atoms with Crippen LogP contribution >= 0.6 is 0 Å². The molecule has 16 heavy (non-hydrogen) atoms. The van der Waals surface area contributed by atoms with Crippen LogP contribution in [-0.4, -0.2) is 32.9 Å². The van der Waals surface area contributed by atoms with Gasteiger partial charge in [0.1, 0.15) is 5.69 Å². The van der Waals surface area contributed by atoms with Crippen LogP contribution in [0.4, 0.5) is 0 Å². The van der Waals surface area contributed by atoms with Gasteiger partial charge in [-0.15, -0.1) is 0 Å². The summed E-state index contributed by atoms with van der Waals surface area (Å²) in [4.78, 5) is 21.0. The van der Waals surface area contributed by atoms with E-state index < -0.39 is 0 Å². The van der Waals surface area contributed by atoms with Gasteiger partial charge >= 0.3 is 0 Å². The zero-order valence-electron chi connectivity index (χ0n) is 10.5. The summed E-state index contributed by atoms with van der Waals surface area (Å²) < 4.78 is 0. The average Bonchev–Trinajstić information content (AvgIpc) is 2.81. The summed E-state index contributed by atoms with van der Waals surface area (Å²) in [5.74, 6) is 0.0185. The van der Waals surface area contributed by atoms with E-state index in [-0.39, 0.29) is 18.0 Å². The fourth-order valence-corrected chi connectivity index (χ4v) is 1.74. The van der Waals surface area contributed by atoms with Crippen molar-refractivity contribution in [2.45, 2.75) is 52.6 Å². The highest BCUT2D eigenvalue weighted by Gasteiger charge is 2.25. The van der Waals surface area contributed by atoms with Crippen LogP contribution in [0.1, 0.15) is 51.0 Å². The van der Waals surface area contributed by atoms with Crippen LogP contribution in [0.25, 0.3) is 0 Å². The SMILES string of the molecule is CCC(C)N(C(=O)c1c[nH]cn1)C(C)CC. The van der Waals surface area contributed by atoms with Crippen molar-refractivity contribution in [3.8, 4) is 0 Å². The first-order valence-electron chi connectivity index (χ1n) is 5.93. The largest absolute Gasteiger partial charge is 0.350 e. The summed E-state index contributed by atoms with van der Waals surface area (Å²) in [6.07, 6.45) is 5.11. The fourth-order valence-electron chi connectivity index (χ4n) is 1.74. The summed E-state index contributed by atoms with van der Waals surface area (Å²) in [6.45, 7) is 8.35. The van der Waals surface area contributed by atoms with E-state index in [4.69, 9.17) is 0 Å². The zero-order valence-corrected chi connectivity index (χ0v) is 10.5. The summed E-state index contributed by atoms with van der Waals surface area (Å²) in [5, 5.41) is 0. The van der Waals surface area contributed by atoms with E-state index in [2.05, 4.69) is 37.7 Å². The summed E-state index contributed by atoms with van der Waals surface area (Å²) in [7, 11) is 0. The molecule has 0 saturated heterocycles. The van der Waals surface area contributed by atoms with Crippen molar-refractivity contribution in [3.05, 3.63) is 18.2 Å². The van der Waals surface area contributed by atoms with Gasteiger partial charge < -0.3 is 9.88 Å². The number of rotatable bonds is 5. The van der Waals surface area contributed by atoms with Crippen molar-refractivity contribution >= 4 is 5.91 Å². The molecular weight excluding hydrogens is 202 g/mol. The zero-order chi connectivity index (χ0) is 12.1. The number of aromatic amines is 1. The maximum atomic E-state index is 12.3. The third-order valence-electron chi connectivity index (χ3n) is 3.08. The maximum Gasteiger partial charge on any atom is 0.274 e. The molecule has 0 bridgehead atoms. The second-order valence-electron chi connectivity index (χ2n) is 4.18. The number of hydrogen-bond donors (Lipinski definition) is 1. The molecule has 0 aromatic carbocycles. The Morgan fingerprint density at radius 3 is 2.31 bits per heavy atom. The van der Waals surface area contributed by atoms with Crippen LogP contribution in [0.3, 0.4) is 0 Å². The number of nitrogens with one attached hydrogen (secondary N) is 1. The topological polar surface area (TPSA) is 49.0 Å². The lowest BCUT2D eigenvalue weighted by atomic mass is 10.1. The third-order valence-corrected chi connectivity index (χ3v) is 3.08. The number of aromatic nitrogens is 2. The minimum atomic E-state index is 0.0185. The smallest absolute Gasteiger partial charge is 0.274 e. The molecule has 4 nitrogen and oxygen atoms in total. The molecule has 1 aromatic rings. The first kappa shape index (κ1) is 12.7. The molecule has 0 spiro atoms. The summed E-state index contributed by atoms with van der Waals surface area (Å²) in [6, 6.07) is 0.498.